The molecule has 1 heterocycles. The van der Waals surface area contributed by atoms with Crippen molar-refractivity contribution < 1.29 is 4.79 Å². The van der Waals surface area contributed by atoms with Crippen molar-refractivity contribution in [3.63, 3.8) is 0 Å². The molecule has 2 unspecified atom stereocenters. The van der Waals surface area contributed by atoms with Crippen LogP contribution >= 0.6 is 0 Å². The Hall–Kier alpha value is -1.59. The van der Waals surface area contributed by atoms with Gasteiger partial charge in [-0.1, -0.05) is 19.1 Å². The molecule has 1 aliphatic heterocycles. The minimum Gasteiger partial charge on any atom is -0.381 e. The third-order valence-corrected chi connectivity index (χ3v) is 4.47. The van der Waals surface area contributed by atoms with E-state index in [0.717, 1.165) is 37.3 Å². The average Bonchev–Trinajstić information content (AvgIpc) is 2.50. The highest BCUT2D eigenvalue weighted by molar-refractivity contribution is 5.95. The van der Waals surface area contributed by atoms with Crippen LogP contribution in [0.5, 0.6) is 0 Å². The van der Waals surface area contributed by atoms with Gasteiger partial charge in [0.1, 0.15) is 0 Å². The molecule has 5 heteroatoms. The normalized spacial score (nSPS) is 19.5. The van der Waals surface area contributed by atoms with E-state index in [9.17, 15) is 4.79 Å². The lowest BCUT2D eigenvalue weighted by molar-refractivity contribution is -0.119. The highest BCUT2D eigenvalue weighted by Gasteiger charge is 2.20. The van der Waals surface area contributed by atoms with Crippen molar-refractivity contribution in [1.29, 1.82) is 0 Å². The standard InChI is InChI=1S/C17H28N4O/c1-12(13(2)18)17(22)20-16-7-5-4-6-15(16)19-14-8-10-21(3)11-9-14/h4-7,12-14,19H,8-11,18H2,1-3H3,(H,20,22). The summed E-state index contributed by atoms with van der Waals surface area (Å²) in [6.07, 6.45) is 2.24. The second-order valence-electron chi connectivity index (χ2n) is 6.40. The summed E-state index contributed by atoms with van der Waals surface area (Å²) in [7, 11) is 2.15. The number of likely N-dealkylation sites (tertiary alicyclic amines) is 1. The number of carbonyl (C=O) groups excluding carboxylic acids is 1. The lowest BCUT2D eigenvalue weighted by Gasteiger charge is -2.30. The van der Waals surface area contributed by atoms with Gasteiger partial charge in [0, 0.05) is 12.1 Å². The number of hydrogen-bond acceptors (Lipinski definition) is 4. The highest BCUT2D eigenvalue weighted by atomic mass is 16.1. The largest absolute Gasteiger partial charge is 0.381 e. The maximum atomic E-state index is 12.2. The Balaban J connectivity index is 2.02. The second-order valence-corrected chi connectivity index (χ2v) is 6.40. The van der Waals surface area contributed by atoms with Crippen molar-refractivity contribution in [2.24, 2.45) is 11.7 Å². The molecule has 1 amide bonds. The van der Waals surface area contributed by atoms with Crippen LogP contribution in [0.2, 0.25) is 0 Å². The number of anilines is 2. The van der Waals surface area contributed by atoms with Crippen LogP contribution in [-0.2, 0) is 4.79 Å². The molecule has 0 aliphatic carbocycles. The average molecular weight is 304 g/mol. The minimum atomic E-state index is -0.212. The van der Waals surface area contributed by atoms with Gasteiger partial charge in [-0.3, -0.25) is 4.79 Å². The van der Waals surface area contributed by atoms with Crippen LogP contribution in [0, 0.1) is 5.92 Å². The summed E-state index contributed by atoms with van der Waals surface area (Å²) >= 11 is 0. The van der Waals surface area contributed by atoms with Crippen LogP contribution in [-0.4, -0.2) is 43.0 Å². The topological polar surface area (TPSA) is 70.4 Å². The van der Waals surface area contributed by atoms with E-state index in [1.165, 1.54) is 0 Å². The number of piperidine rings is 1. The van der Waals surface area contributed by atoms with Gasteiger partial charge in [0.15, 0.2) is 0 Å². The quantitative estimate of drug-likeness (QED) is 0.779. The summed E-state index contributed by atoms with van der Waals surface area (Å²) in [5, 5.41) is 6.57. The van der Waals surface area contributed by atoms with Crippen LogP contribution < -0.4 is 16.4 Å². The molecular formula is C17H28N4O. The Morgan fingerprint density at radius 1 is 1.23 bits per heavy atom. The molecule has 0 spiro atoms. The zero-order valence-electron chi connectivity index (χ0n) is 13.8. The molecule has 1 aromatic rings. The van der Waals surface area contributed by atoms with E-state index in [0.29, 0.717) is 6.04 Å². The number of nitrogens with one attached hydrogen (secondary N) is 2. The van der Waals surface area contributed by atoms with Crippen LogP contribution in [0.15, 0.2) is 24.3 Å². The van der Waals surface area contributed by atoms with E-state index >= 15 is 0 Å². The molecule has 5 nitrogen and oxygen atoms in total. The summed E-state index contributed by atoms with van der Waals surface area (Å²) in [6, 6.07) is 8.18. The molecule has 0 aromatic heterocycles. The number of nitrogens with zero attached hydrogens (tertiary/aromatic N) is 1. The first-order valence-electron chi connectivity index (χ1n) is 8.08. The van der Waals surface area contributed by atoms with Gasteiger partial charge in [-0.25, -0.2) is 0 Å². The summed E-state index contributed by atoms with van der Waals surface area (Å²) in [4.78, 5) is 14.6. The van der Waals surface area contributed by atoms with Gasteiger partial charge in [-0.2, -0.15) is 0 Å². The summed E-state index contributed by atoms with van der Waals surface area (Å²) < 4.78 is 0. The Labute approximate surface area is 133 Å². The molecule has 4 N–H and O–H groups in total. The Morgan fingerprint density at radius 3 is 2.41 bits per heavy atom. The van der Waals surface area contributed by atoms with Gasteiger partial charge < -0.3 is 21.3 Å². The first-order chi connectivity index (χ1) is 10.5. The lowest BCUT2D eigenvalue weighted by atomic mass is 10.0. The maximum Gasteiger partial charge on any atom is 0.228 e. The van der Waals surface area contributed by atoms with Gasteiger partial charge in [-0.05, 0) is 52.0 Å². The summed E-state index contributed by atoms with van der Waals surface area (Å²) in [5.74, 6) is -0.246. The summed E-state index contributed by atoms with van der Waals surface area (Å²) in [6.45, 7) is 5.92. The molecule has 2 atom stereocenters. The molecular weight excluding hydrogens is 276 g/mol. The van der Waals surface area contributed by atoms with Crippen LogP contribution in [0.3, 0.4) is 0 Å². The van der Waals surface area contributed by atoms with Gasteiger partial charge in [-0.15, -0.1) is 0 Å². The Bertz CT molecular complexity index is 495. The molecule has 0 saturated carbocycles. The molecule has 1 aliphatic rings. The molecule has 1 aromatic carbocycles. The zero-order valence-corrected chi connectivity index (χ0v) is 13.8. The van der Waals surface area contributed by atoms with Gasteiger partial charge in [0.2, 0.25) is 5.91 Å². The number of amides is 1. The number of rotatable bonds is 5. The van der Waals surface area contributed by atoms with Crippen molar-refractivity contribution in [2.75, 3.05) is 30.8 Å². The fraction of sp³-hybridized carbons (Fsp3) is 0.588. The van der Waals surface area contributed by atoms with E-state index in [1.54, 1.807) is 0 Å². The molecule has 0 radical (unpaired) electrons. The summed E-state index contributed by atoms with van der Waals surface area (Å²) in [5.41, 5.74) is 7.63. The third-order valence-electron chi connectivity index (χ3n) is 4.47. The van der Waals surface area contributed by atoms with Gasteiger partial charge >= 0.3 is 0 Å². The molecule has 0 bridgehead atoms. The first-order valence-corrected chi connectivity index (χ1v) is 8.08. The highest BCUT2D eigenvalue weighted by Crippen LogP contribution is 2.25. The van der Waals surface area contributed by atoms with Crippen molar-refractivity contribution in [3.05, 3.63) is 24.3 Å². The van der Waals surface area contributed by atoms with Crippen LogP contribution in [0.4, 0.5) is 11.4 Å². The monoisotopic (exact) mass is 304 g/mol. The number of carbonyl (C=O) groups is 1. The molecule has 122 valence electrons. The van der Waals surface area contributed by atoms with E-state index in [-0.39, 0.29) is 17.9 Å². The van der Waals surface area contributed by atoms with E-state index in [4.69, 9.17) is 5.73 Å². The Kier molecular flexibility index (Phi) is 5.80. The molecule has 1 saturated heterocycles. The van der Waals surface area contributed by atoms with Crippen molar-refractivity contribution in [2.45, 2.75) is 38.8 Å². The fourth-order valence-corrected chi connectivity index (χ4v) is 2.58. The predicted octanol–water partition coefficient (Wildman–Crippen LogP) is 2.11. The molecule has 2 rings (SSSR count). The lowest BCUT2D eigenvalue weighted by Crippen LogP contribution is -2.37. The predicted molar refractivity (Wildman–Crippen MR) is 92.0 cm³/mol. The zero-order chi connectivity index (χ0) is 16.1. The first kappa shape index (κ1) is 16.8. The minimum absolute atomic E-state index is 0.0346. The SMILES string of the molecule is CC(N)C(C)C(=O)Nc1ccccc1NC1CCN(C)CC1. The van der Waals surface area contributed by atoms with E-state index < -0.39 is 0 Å². The Morgan fingerprint density at radius 2 is 1.82 bits per heavy atom. The van der Waals surface area contributed by atoms with Crippen LogP contribution in [0.25, 0.3) is 0 Å². The maximum absolute atomic E-state index is 12.2. The smallest absolute Gasteiger partial charge is 0.228 e. The number of hydrogen-bond donors (Lipinski definition) is 3. The number of benzene rings is 1. The third kappa shape index (κ3) is 4.45. The van der Waals surface area contributed by atoms with Crippen molar-refractivity contribution >= 4 is 17.3 Å². The van der Waals surface area contributed by atoms with Gasteiger partial charge in [0.05, 0.1) is 17.3 Å². The molecule has 22 heavy (non-hydrogen) atoms. The van der Waals surface area contributed by atoms with Crippen molar-refractivity contribution in [1.82, 2.24) is 4.90 Å². The van der Waals surface area contributed by atoms with Crippen LogP contribution in [0.1, 0.15) is 26.7 Å². The number of nitrogens with two attached hydrogens (primary N) is 1. The fourth-order valence-electron chi connectivity index (χ4n) is 2.58. The van der Waals surface area contributed by atoms with E-state index in [2.05, 4.69) is 22.6 Å². The second kappa shape index (κ2) is 7.61. The number of para-hydroxylation sites is 2. The van der Waals surface area contributed by atoms with E-state index in [1.807, 2.05) is 38.1 Å². The van der Waals surface area contributed by atoms with Gasteiger partial charge in [0.25, 0.3) is 0 Å². The molecule has 1 fully saturated rings. The van der Waals surface area contributed by atoms with Crippen molar-refractivity contribution in [3.8, 4) is 0 Å².